The first-order valence-corrected chi connectivity index (χ1v) is 11.6. The van der Waals surface area contributed by atoms with Gasteiger partial charge in [0.05, 0.1) is 11.4 Å². The first-order chi connectivity index (χ1) is 17.4. The lowest BCUT2D eigenvalue weighted by Crippen LogP contribution is -2.50. The first kappa shape index (κ1) is 23.5. The number of piperazine rings is 1. The maximum atomic E-state index is 13.7. The van der Waals surface area contributed by atoms with E-state index in [4.69, 9.17) is 9.97 Å². The van der Waals surface area contributed by atoms with E-state index < -0.39 is 0 Å². The third-order valence-electron chi connectivity index (χ3n) is 6.05. The fourth-order valence-corrected chi connectivity index (χ4v) is 4.18. The number of hydrogen-bond acceptors (Lipinski definition) is 7. The van der Waals surface area contributed by atoms with Gasteiger partial charge >= 0.3 is 0 Å². The van der Waals surface area contributed by atoms with Crippen molar-refractivity contribution in [2.75, 3.05) is 31.1 Å². The van der Waals surface area contributed by atoms with Crippen molar-refractivity contribution in [2.24, 2.45) is 5.92 Å². The summed E-state index contributed by atoms with van der Waals surface area (Å²) in [6.07, 6.45) is 0. The second-order valence-electron chi connectivity index (χ2n) is 8.81. The fraction of sp³-hybridized carbons (Fsp3) is 0.280. The van der Waals surface area contributed by atoms with Crippen LogP contribution in [0.25, 0.3) is 34.0 Å². The van der Waals surface area contributed by atoms with Crippen molar-refractivity contribution in [3.63, 3.8) is 0 Å². The summed E-state index contributed by atoms with van der Waals surface area (Å²) in [7, 11) is 0. The molecule has 2 aromatic heterocycles. The SMILES string of the molecule is CC(C)C(=O)N1CCN(c2nc(-c3ccc(F)cc3)c(-c3ccc(F)cc3)nc2-c2nn[nH]n2)CC1. The minimum atomic E-state index is -0.376. The van der Waals surface area contributed by atoms with Crippen molar-refractivity contribution in [1.82, 2.24) is 35.5 Å². The molecule has 3 heterocycles. The topological polar surface area (TPSA) is 104 Å². The molecule has 184 valence electrons. The quantitative estimate of drug-likeness (QED) is 0.456. The van der Waals surface area contributed by atoms with Crippen LogP contribution in [0.15, 0.2) is 48.5 Å². The van der Waals surface area contributed by atoms with E-state index in [1.165, 1.54) is 24.3 Å². The number of anilines is 1. The molecule has 1 N–H and O–H groups in total. The molecular formula is C25H24F2N8O. The van der Waals surface area contributed by atoms with Gasteiger partial charge < -0.3 is 9.80 Å². The summed E-state index contributed by atoms with van der Waals surface area (Å²) in [5, 5.41) is 14.4. The van der Waals surface area contributed by atoms with E-state index in [9.17, 15) is 13.6 Å². The van der Waals surface area contributed by atoms with Gasteiger partial charge in [0.25, 0.3) is 0 Å². The Balaban J connectivity index is 1.64. The van der Waals surface area contributed by atoms with E-state index in [0.29, 0.717) is 60.2 Å². The number of amides is 1. The van der Waals surface area contributed by atoms with Crippen molar-refractivity contribution >= 4 is 11.7 Å². The summed E-state index contributed by atoms with van der Waals surface area (Å²) in [6.45, 7) is 5.93. The smallest absolute Gasteiger partial charge is 0.226 e. The minimum absolute atomic E-state index is 0.0775. The number of aromatic amines is 1. The Bertz CT molecular complexity index is 1350. The van der Waals surface area contributed by atoms with E-state index >= 15 is 0 Å². The number of rotatable bonds is 5. The van der Waals surface area contributed by atoms with Crippen molar-refractivity contribution in [3.8, 4) is 34.0 Å². The van der Waals surface area contributed by atoms with Gasteiger partial charge in [-0.2, -0.15) is 5.21 Å². The average Bonchev–Trinajstić information content (AvgIpc) is 3.44. The van der Waals surface area contributed by atoms with Crippen LogP contribution in [0, 0.1) is 17.6 Å². The number of benzene rings is 2. The van der Waals surface area contributed by atoms with Crippen LogP contribution in [0.3, 0.4) is 0 Å². The van der Waals surface area contributed by atoms with Crippen LogP contribution in [0.1, 0.15) is 13.8 Å². The highest BCUT2D eigenvalue weighted by atomic mass is 19.1. The number of nitrogens with zero attached hydrogens (tertiary/aromatic N) is 7. The highest BCUT2D eigenvalue weighted by molar-refractivity contribution is 5.83. The van der Waals surface area contributed by atoms with Gasteiger partial charge in [0.15, 0.2) is 11.5 Å². The van der Waals surface area contributed by atoms with Gasteiger partial charge in [-0.3, -0.25) is 4.79 Å². The Morgan fingerprint density at radius 2 is 1.39 bits per heavy atom. The summed E-state index contributed by atoms with van der Waals surface area (Å²) in [4.78, 5) is 26.2. The molecular weight excluding hydrogens is 466 g/mol. The lowest BCUT2D eigenvalue weighted by molar-refractivity contribution is -0.134. The second kappa shape index (κ2) is 9.76. The van der Waals surface area contributed by atoms with Crippen LogP contribution in [-0.4, -0.2) is 67.6 Å². The molecule has 1 saturated heterocycles. The molecule has 0 radical (unpaired) electrons. The van der Waals surface area contributed by atoms with Crippen molar-refractivity contribution in [3.05, 3.63) is 60.2 Å². The van der Waals surface area contributed by atoms with Crippen molar-refractivity contribution in [1.29, 1.82) is 0 Å². The molecule has 5 rings (SSSR count). The molecule has 0 bridgehead atoms. The summed E-state index contributed by atoms with van der Waals surface area (Å²) >= 11 is 0. The maximum absolute atomic E-state index is 13.7. The van der Waals surface area contributed by atoms with Gasteiger partial charge in [-0.1, -0.05) is 13.8 Å². The zero-order valence-electron chi connectivity index (χ0n) is 19.8. The molecule has 0 unspecified atom stereocenters. The Kier molecular flexibility index (Phi) is 6.36. The molecule has 11 heteroatoms. The van der Waals surface area contributed by atoms with Crippen LogP contribution in [0.4, 0.5) is 14.6 Å². The van der Waals surface area contributed by atoms with Crippen LogP contribution in [0.5, 0.6) is 0 Å². The van der Waals surface area contributed by atoms with Gasteiger partial charge in [0.2, 0.25) is 11.7 Å². The summed E-state index contributed by atoms with van der Waals surface area (Å²) in [6, 6.07) is 11.9. The molecule has 9 nitrogen and oxygen atoms in total. The molecule has 0 aliphatic carbocycles. The number of tetrazole rings is 1. The lowest BCUT2D eigenvalue weighted by Gasteiger charge is -2.36. The normalized spacial score (nSPS) is 13.9. The molecule has 0 spiro atoms. The summed E-state index contributed by atoms with van der Waals surface area (Å²) in [5.74, 6) is 0.0676. The minimum Gasteiger partial charge on any atom is -0.351 e. The monoisotopic (exact) mass is 490 g/mol. The average molecular weight is 491 g/mol. The van der Waals surface area contributed by atoms with Crippen LogP contribution in [0.2, 0.25) is 0 Å². The molecule has 0 saturated carbocycles. The van der Waals surface area contributed by atoms with Crippen LogP contribution >= 0.6 is 0 Å². The molecule has 1 aliphatic rings. The molecule has 1 amide bonds. The van der Waals surface area contributed by atoms with Crippen LogP contribution < -0.4 is 4.90 Å². The predicted octanol–water partition coefficient (Wildman–Crippen LogP) is 3.57. The third-order valence-corrected chi connectivity index (χ3v) is 6.05. The third kappa shape index (κ3) is 4.64. The fourth-order valence-electron chi connectivity index (χ4n) is 4.18. The zero-order valence-corrected chi connectivity index (χ0v) is 19.8. The molecule has 2 aromatic carbocycles. The van der Waals surface area contributed by atoms with E-state index in [0.717, 1.165) is 0 Å². The van der Waals surface area contributed by atoms with E-state index in [1.807, 2.05) is 23.6 Å². The van der Waals surface area contributed by atoms with E-state index in [-0.39, 0.29) is 29.3 Å². The number of carbonyl (C=O) groups excluding carboxylic acids is 1. The molecule has 0 atom stereocenters. The summed E-state index contributed by atoms with van der Waals surface area (Å²) < 4.78 is 27.4. The number of hydrogen-bond donors (Lipinski definition) is 1. The van der Waals surface area contributed by atoms with Crippen molar-refractivity contribution < 1.29 is 13.6 Å². The zero-order chi connectivity index (χ0) is 25.2. The maximum Gasteiger partial charge on any atom is 0.226 e. The Morgan fingerprint density at radius 1 is 0.833 bits per heavy atom. The van der Waals surface area contributed by atoms with Crippen molar-refractivity contribution in [2.45, 2.75) is 13.8 Å². The van der Waals surface area contributed by atoms with Gasteiger partial charge in [0.1, 0.15) is 11.6 Å². The molecule has 1 aliphatic heterocycles. The largest absolute Gasteiger partial charge is 0.351 e. The number of nitrogens with one attached hydrogen (secondary N) is 1. The highest BCUT2D eigenvalue weighted by Crippen LogP contribution is 2.36. The molecule has 1 fully saturated rings. The Labute approximate surface area is 206 Å². The van der Waals surface area contributed by atoms with E-state index in [1.54, 1.807) is 24.3 Å². The first-order valence-electron chi connectivity index (χ1n) is 11.6. The second-order valence-corrected chi connectivity index (χ2v) is 8.81. The summed E-state index contributed by atoms with van der Waals surface area (Å²) in [5.41, 5.74) is 2.66. The van der Waals surface area contributed by atoms with E-state index in [2.05, 4.69) is 20.6 Å². The Hall–Kier alpha value is -4.28. The van der Waals surface area contributed by atoms with Gasteiger partial charge in [-0.05, 0) is 53.7 Å². The number of aromatic nitrogens is 6. The van der Waals surface area contributed by atoms with Gasteiger partial charge in [-0.25, -0.2) is 18.7 Å². The number of halogens is 2. The van der Waals surface area contributed by atoms with Gasteiger partial charge in [-0.15, -0.1) is 10.2 Å². The number of carbonyl (C=O) groups is 1. The molecule has 36 heavy (non-hydrogen) atoms. The number of H-pyrrole nitrogens is 1. The lowest BCUT2D eigenvalue weighted by atomic mass is 10.0. The Morgan fingerprint density at radius 3 is 1.89 bits per heavy atom. The molecule has 4 aromatic rings. The standard InChI is InChI=1S/C25H24F2N8O/c1-15(2)25(36)35-13-11-34(12-14-35)24-22(23-30-32-33-31-23)28-20(16-3-7-18(26)8-4-16)21(29-24)17-5-9-19(27)10-6-17/h3-10,15H,11-14H2,1-2H3,(H,30,31,32,33). The predicted molar refractivity (Wildman–Crippen MR) is 130 cm³/mol. The van der Waals surface area contributed by atoms with Crippen LogP contribution in [-0.2, 0) is 4.79 Å². The highest BCUT2D eigenvalue weighted by Gasteiger charge is 2.28. The van der Waals surface area contributed by atoms with Gasteiger partial charge in [0, 0.05) is 43.2 Å².